The molecule has 0 fully saturated rings. The van der Waals surface area contributed by atoms with Crippen LogP contribution in [-0.4, -0.2) is 34.8 Å². The first-order chi connectivity index (χ1) is 6.43. The van der Waals surface area contributed by atoms with Crippen LogP contribution in [-0.2, 0) is 7.05 Å². The van der Waals surface area contributed by atoms with E-state index in [4.69, 9.17) is 5.73 Å². The molecule has 3 N–H and O–H groups in total. The summed E-state index contributed by atoms with van der Waals surface area (Å²) in [7, 11) is 5.05. The Hall–Kier alpha value is -1.72. The standard InChI is InChI=1S/C8H15N5O/c1-5-6(9)7(13(4)11-5)10-8(14)12(2)3/h9H2,1-4H3,(H,10,14). The number of hydrogen-bond donors (Lipinski definition) is 2. The summed E-state index contributed by atoms with van der Waals surface area (Å²) < 4.78 is 1.55. The lowest BCUT2D eigenvalue weighted by Crippen LogP contribution is -2.28. The average Bonchev–Trinajstić information content (AvgIpc) is 2.32. The first-order valence-electron chi connectivity index (χ1n) is 4.21. The van der Waals surface area contributed by atoms with Gasteiger partial charge in [-0.2, -0.15) is 5.10 Å². The van der Waals surface area contributed by atoms with Crippen LogP contribution in [0.4, 0.5) is 16.3 Å². The molecule has 0 saturated carbocycles. The van der Waals surface area contributed by atoms with Crippen LogP contribution in [0.25, 0.3) is 0 Å². The second-order valence-corrected chi connectivity index (χ2v) is 3.30. The molecule has 0 spiro atoms. The van der Waals surface area contributed by atoms with Crippen LogP contribution in [0.5, 0.6) is 0 Å². The van der Waals surface area contributed by atoms with Gasteiger partial charge in [-0.15, -0.1) is 0 Å². The summed E-state index contributed by atoms with van der Waals surface area (Å²) in [5, 5.41) is 6.74. The minimum atomic E-state index is -0.222. The molecule has 2 amide bonds. The van der Waals surface area contributed by atoms with Gasteiger partial charge < -0.3 is 10.6 Å². The number of aryl methyl sites for hydroxylation is 2. The van der Waals surface area contributed by atoms with E-state index in [1.54, 1.807) is 32.7 Å². The quantitative estimate of drug-likeness (QED) is 0.684. The van der Waals surface area contributed by atoms with E-state index in [0.29, 0.717) is 17.2 Å². The second kappa shape index (κ2) is 3.57. The van der Waals surface area contributed by atoms with Crippen molar-refractivity contribution in [1.29, 1.82) is 0 Å². The third-order valence-corrected chi connectivity index (χ3v) is 1.90. The van der Waals surface area contributed by atoms with Crippen LogP contribution < -0.4 is 11.1 Å². The summed E-state index contributed by atoms with van der Waals surface area (Å²) in [4.78, 5) is 12.8. The summed E-state index contributed by atoms with van der Waals surface area (Å²) in [5.74, 6) is 0.529. The molecule has 0 aliphatic heterocycles. The summed E-state index contributed by atoms with van der Waals surface area (Å²) in [6.45, 7) is 1.79. The third kappa shape index (κ3) is 1.78. The van der Waals surface area contributed by atoms with Crippen molar-refractivity contribution in [3.63, 3.8) is 0 Å². The molecule has 6 heteroatoms. The molecule has 0 aliphatic rings. The van der Waals surface area contributed by atoms with Crippen LogP contribution in [0.15, 0.2) is 0 Å². The van der Waals surface area contributed by atoms with Gasteiger partial charge in [0.25, 0.3) is 0 Å². The van der Waals surface area contributed by atoms with Gasteiger partial charge in [0, 0.05) is 21.1 Å². The lowest BCUT2D eigenvalue weighted by molar-refractivity contribution is 0.230. The van der Waals surface area contributed by atoms with Gasteiger partial charge >= 0.3 is 6.03 Å². The van der Waals surface area contributed by atoms with Crippen molar-refractivity contribution in [3.8, 4) is 0 Å². The normalized spacial score (nSPS) is 10.0. The molecule has 78 valence electrons. The van der Waals surface area contributed by atoms with Gasteiger partial charge in [-0.3, -0.25) is 10.00 Å². The zero-order valence-electron chi connectivity index (χ0n) is 8.83. The van der Waals surface area contributed by atoms with E-state index in [1.165, 1.54) is 4.90 Å². The molecule has 6 nitrogen and oxygen atoms in total. The fourth-order valence-corrected chi connectivity index (χ4v) is 1.04. The number of carbonyl (C=O) groups excluding carboxylic acids is 1. The number of nitrogen functional groups attached to an aromatic ring is 1. The van der Waals surface area contributed by atoms with Gasteiger partial charge in [0.1, 0.15) is 0 Å². The van der Waals surface area contributed by atoms with Crippen LogP contribution in [0, 0.1) is 6.92 Å². The van der Waals surface area contributed by atoms with Crippen molar-refractivity contribution >= 4 is 17.5 Å². The number of aromatic nitrogens is 2. The molecular formula is C8H15N5O. The van der Waals surface area contributed by atoms with Gasteiger partial charge in [0.05, 0.1) is 11.4 Å². The SMILES string of the molecule is Cc1nn(C)c(NC(=O)N(C)C)c1N. The van der Waals surface area contributed by atoms with E-state index in [1.807, 2.05) is 0 Å². The molecule has 1 rings (SSSR count). The molecule has 0 unspecified atom stereocenters. The van der Waals surface area contributed by atoms with Crippen molar-refractivity contribution in [3.05, 3.63) is 5.69 Å². The Balaban J connectivity index is 2.92. The topological polar surface area (TPSA) is 76.2 Å². The van der Waals surface area contributed by atoms with E-state index < -0.39 is 0 Å². The Labute approximate surface area is 82.7 Å². The lowest BCUT2D eigenvalue weighted by Gasteiger charge is -2.12. The Kier molecular flexibility index (Phi) is 2.64. The van der Waals surface area contributed by atoms with Gasteiger partial charge in [-0.25, -0.2) is 4.79 Å². The van der Waals surface area contributed by atoms with Crippen LogP contribution in [0.1, 0.15) is 5.69 Å². The first kappa shape index (κ1) is 10.4. The molecular weight excluding hydrogens is 182 g/mol. The predicted octanol–water partition coefficient (Wildman–Crippen LogP) is 0.404. The number of nitrogens with one attached hydrogen (secondary N) is 1. The van der Waals surface area contributed by atoms with Crippen LogP contribution >= 0.6 is 0 Å². The number of anilines is 2. The number of nitrogens with two attached hydrogens (primary N) is 1. The number of amides is 2. The molecule has 0 bridgehead atoms. The minimum Gasteiger partial charge on any atom is -0.394 e. The monoisotopic (exact) mass is 197 g/mol. The Morgan fingerprint density at radius 1 is 1.57 bits per heavy atom. The fraction of sp³-hybridized carbons (Fsp3) is 0.500. The highest BCUT2D eigenvalue weighted by molar-refractivity contribution is 5.91. The summed E-state index contributed by atoms with van der Waals surface area (Å²) >= 11 is 0. The maximum atomic E-state index is 11.3. The summed E-state index contributed by atoms with van der Waals surface area (Å²) in [5.41, 5.74) is 6.95. The number of rotatable bonds is 1. The number of carbonyl (C=O) groups is 1. The van der Waals surface area contributed by atoms with Crippen LogP contribution in [0.2, 0.25) is 0 Å². The molecule has 1 heterocycles. The lowest BCUT2D eigenvalue weighted by atomic mass is 10.4. The molecule has 0 saturated heterocycles. The average molecular weight is 197 g/mol. The molecule has 0 radical (unpaired) electrons. The maximum Gasteiger partial charge on any atom is 0.322 e. The van der Waals surface area contributed by atoms with E-state index in [0.717, 1.165) is 0 Å². The van der Waals surface area contributed by atoms with Crippen LogP contribution in [0.3, 0.4) is 0 Å². The van der Waals surface area contributed by atoms with Crippen molar-refractivity contribution in [2.24, 2.45) is 7.05 Å². The molecule has 1 aromatic heterocycles. The zero-order chi connectivity index (χ0) is 10.9. The minimum absolute atomic E-state index is 0.222. The largest absolute Gasteiger partial charge is 0.394 e. The molecule has 0 aliphatic carbocycles. The highest BCUT2D eigenvalue weighted by Crippen LogP contribution is 2.20. The van der Waals surface area contributed by atoms with Crippen molar-refractivity contribution in [2.45, 2.75) is 6.92 Å². The number of nitrogens with zero attached hydrogens (tertiary/aromatic N) is 3. The smallest absolute Gasteiger partial charge is 0.322 e. The maximum absolute atomic E-state index is 11.3. The third-order valence-electron chi connectivity index (χ3n) is 1.90. The van der Waals surface area contributed by atoms with Gasteiger partial charge in [0.2, 0.25) is 0 Å². The Bertz CT molecular complexity index is 355. The molecule has 0 atom stereocenters. The number of hydrogen-bond acceptors (Lipinski definition) is 3. The Morgan fingerprint density at radius 3 is 2.50 bits per heavy atom. The molecule has 14 heavy (non-hydrogen) atoms. The summed E-state index contributed by atoms with van der Waals surface area (Å²) in [6, 6.07) is -0.222. The van der Waals surface area contributed by atoms with Gasteiger partial charge in [-0.05, 0) is 6.92 Å². The summed E-state index contributed by atoms with van der Waals surface area (Å²) in [6.07, 6.45) is 0. The van der Waals surface area contributed by atoms with E-state index in [9.17, 15) is 4.79 Å². The highest BCUT2D eigenvalue weighted by atomic mass is 16.2. The van der Waals surface area contributed by atoms with Crippen molar-refractivity contribution in [2.75, 3.05) is 25.1 Å². The molecule has 0 aromatic carbocycles. The van der Waals surface area contributed by atoms with E-state index >= 15 is 0 Å². The Morgan fingerprint density at radius 2 is 2.14 bits per heavy atom. The van der Waals surface area contributed by atoms with Gasteiger partial charge in [-0.1, -0.05) is 0 Å². The highest BCUT2D eigenvalue weighted by Gasteiger charge is 2.13. The van der Waals surface area contributed by atoms with E-state index in [-0.39, 0.29) is 6.03 Å². The second-order valence-electron chi connectivity index (χ2n) is 3.30. The van der Waals surface area contributed by atoms with Gasteiger partial charge in [0.15, 0.2) is 5.82 Å². The first-order valence-corrected chi connectivity index (χ1v) is 4.21. The molecule has 1 aromatic rings. The zero-order valence-corrected chi connectivity index (χ0v) is 8.83. The van der Waals surface area contributed by atoms with E-state index in [2.05, 4.69) is 10.4 Å². The van der Waals surface area contributed by atoms with Crippen molar-refractivity contribution < 1.29 is 4.79 Å². The number of urea groups is 1. The van der Waals surface area contributed by atoms with Crippen molar-refractivity contribution in [1.82, 2.24) is 14.7 Å². The predicted molar refractivity (Wildman–Crippen MR) is 55.1 cm³/mol. The fourth-order valence-electron chi connectivity index (χ4n) is 1.04.